The minimum Gasteiger partial charge on any atom is -0.361 e. The molecule has 2 aromatic rings. The van der Waals surface area contributed by atoms with E-state index in [0.717, 1.165) is 43.9 Å². The van der Waals surface area contributed by atoms with Crippen LogP contribution in [0.15, 0.2) is 17.0 Å². The Kier molecular flexibility index (Phi) is 3.38. The third-order valence-electron chi connectivity index (χ3n) is 4.55. The van der Waals surface area contributed by atoms with Crippen LogP contribution in [0, 0.1) is 13.8 Å². The van der Waals surface area contributed by atoms with Gasteiger partial charge in [0.15, 0.2) is 0 Å². The molecule has 1 saturated heterocycles. The fourth-order valence-corrected chi connectivity index (χ4v) is 3.08. The zero-order valence-electron chi connectivity index (χ0n) is 12.4. The monoisotopic (exact) mass is 274 g/mol. The van der Waals surface area contributed by atoms with Crippen molar-refractivity contribution < 1.29 is 4.52 Å². The third-order valence-corrected chi connectivity index (χ3v) is 4.55. The molecule has 0 unspecified atom stereocenters. The Morgan fingerprint density at radius 1 is 1.35 bits per heavy atom. The summed E-state index contributed by atoms with van der Waals surface area (Å²) in [7, 11) is 0. The van der Waals surface area contributed by atoms with Crippen LogP contribution in [0.5, 0.6) is 0 Å². The molecule has 0 saturated carbocycles. The fraction of sp³-hybridized carbons (Fsp3) is 0.600. The van der Waals surface area contributed by atoms with Gasteiger partial charge in [-0.2, -0.15) is 0 Å². The van der Waals surface area contributed by atoms with Crippen LogP contribution in [0.25, 0.3) is 0 Å². The zero-order valence-corrected chi connectivity index (χ0v) is 12.4. The van der Waals surface area contributed by atoms with E-state index in [1.807, 2.05) is 26.4 Å². The van der Waals surface area contributed by atoms with Crippen LogP contribution in [0.4, 0.5) is 0 Å². The molecule has 1 N–H and O–H groups in total. The van der Waals surface area contributed by atoms with E-state index in [0.29, 0.717) is 0 Å². The van der Waals surface area contributed by atoms with Crippen molar-refractivity contribution in [2.45, 2.75) is 45.6 Å². The highest BCUT2D eigenvalue weighted by Crippen LogP contribution is 2.33. The maximum atomic E-state index is 5.26. The molecule has 0 atom stereocenters. The van der Waals surface area contributed by atoms with Crippen molar-refractivity contribution in [2.75, 3.05) is 13.1 Å². The van der Waals surface area contributed by atoms with Gasteiger partial charge in [-0.15, -0.1) is 0 Å². The SMILES string of the molecule is Cc1noc(C)c1Cn1cncc1C1(C)CCNCC1. The highest BCUT2D eigenvalue weighted by atomic mass is 16.5. The molecule has 2 aromatic heterocycles. The summed E-state index contributed by atoms with van der Waals surface area (Å²) in [6.07, 6.45) is 6.25. The molecule has 0 aromatic carbocycles. The van der Waals surface area contributed by atoms with Crippen LogP contribution in [-0.2, 0) is 12.0 Å². The van der Waals surface area contributed by atoms with Crippen molar-refractivity contribution in [2.24, 2.45) is 0 Å². The Bertz CT molecular complexity index is 573. The van der Waals surface area contributed by atoms with E-state index in [4.69, 9.17) is 4.52 Å². The number of piperidine rings is 1. The van der Waals surface area contributed by atoms with Gasteiger partial charge in [0.1, 0.15) is 5.76 Å². The average molecular weight is 274 g/mol. The fourth-order valence-electron chi connectivity index (χ4n) is 3.08. The predicted molar refractivity (Wildman–Crippen MR) is 76.8 cm³/mol. The summed E-state index contributed by atoms with van der Waals surface area (Å²) < 4.78 is 7.51. The van der Waals surface area contributed by atoms with Crippen LogP contribution in [0.3, 0.4) is 0 Å². The molecular formula is C15H22N4O. The van der Waals surface area contributed by atoms with Crippen LogP contribution in [0.1, 0.15) is 42.5 Å². The first kappa shape index (κ1) is 13.4. The first-order valence-electron chi connectivity index (χ1n) is 7.23. The minimum atomic E-state index is 0.209. The highest BCUT2D eigenvalue weighted by Gasteiger charge is 2.31. The van der Waals surface area contributed by atoms with Crippen LogP contribution in [-0.4, -0.2) is 27.8 Å². The van der Waals surface area contributed by atoms with Gasteiger partial charge in [0, 0.05) is 22.9 Å². The Balaban J connectivity index is 1.90. The molecule has 20 heavy (non-hydrogen) atoms. The Hall–Kier alpha value is -1.62. The van der Waals surface area contributed by atoms with Crippen molar-refractivity contribution in [3.8, 4) is 0 Å². The first-order chi connectivity index (χ1) is 9.60. The second kappa shape index (κ2) is 5.05. The summed E-state index contributed by atoms with van der Waals surface area (Å²) in [6, 6.07) is 0. The smallest absolute Gasteiger partial charge is 0.138 e. The van der Waals surface area contributed by atoms with Gasteiger partial charge < -0.3 is 14.4 Å². The summed E-state index contributed by atoms with van der Waals surface area (Å²) in [5.41, 5.74) is 3.67. The lowest BCUT2D eigenvalue weighted by atomic mass is 9.78. The van der Waals surface area contributed by atoms with Crippen LogP contribution >= 0.6 is 0 Å². The number of rotatable bonds is 3. The molecule has 108 valence electrons. The lowest BCUT2D eigenvalue weighted by Gasteiger charge is -2.34. The topological polar surface area (TPSA) is 55.9 Å². The summed E-state index contributed by atoms with van der Waals surface area (Å²) in [4.78, 5) is 4.37. The summed E-state index contributed by atoms with van der Waals surface area (Å²) in [5.74, 6) is 0.901. The summed E-state index contributed by atoms with van der Waals surface area (Å²) in [5, 5.41) is 7.47. The van der Waals surface area contributed by atoms with Gasteiger partial charge in [-0.3, -0.25) is 0 Å². The van der Waals surface area contributed by atoms with E-state index < -0.39 is 0 Å². The molecule has 0 aliphatic carbocycles. The quantitative estimate of drug-likeness (QED) is 0.932. The maximum absolute atomic E-state index is 5.26. The molecule has 0 radical (unpaired) electrons. The Labute approximate surface area is 119 Å². The van der Waals surface area contributed by atoms with Crippen LogP contribution < -0.4 is 5.32 Å². The standard InChI is InChI=1S/C15H22N4O/c1-11-13(12(2)20-18-11)9-19-10-17-8-14(19)15(3)4-6-16-7-5-15/h8,10,16H,4-7,9H2,1-3H3. The maximum Gasteiger partial charge on any atom is 0.138 e. The third kappa shape index (κ3) is 2.26. The molecule has 1 aliphatic heterocycles. The number of nitrogens with zero attached hydrogens (tertiary/aromatic N) is 3. The van der Waals surface area contributed by atoms with Gasteiger partial charge in [-0.1, -0.05) is 12.1 Å². The number of hydrogen-bond acceptors (Lipinski definition) is 4. The number of aryl methyl sites for hydroxylation is 2. The Morgan fingerprint density at radius 2 is 2.10 bits per heavy atom. The number of hydrogen-bond donors (Lipinski definition) is 1. The van der Waals surface area contributed by atoms with E-state index >= 15 is 0 Å². The first-order valence-corrected chi connectivity index (χ1v) is 7.23. The molecule has 0 amide bonds. The second-order valence-corrected chi connectivity index (χ2v) is 6.02. The summed E-state index contributed by atoms with van der Waals surface area (Å²) in [6.45, 7) is 9.25. The van der Waals surface area contributed by atoms with E-state index in [1.54, 1.807) is 0 Å². The number of aromatic nitrogens is 3. The summed E-state index contributed by atoms with van der Waals surface area (Å²) >= 11 is 0. The van der Waals surface area contributed by atoms with E-state index in [1.165, 1.54) is 11.3 Å². The minimum absolute atomic E-state index is 0.209. The van der Waals surface area contributed by atoms with Crippen LogP contribution in [0.2, 0.25) is 0 Å². The van der Waals surface area contributed by atoms with Gasteiger partial charge in [-0.05, 0) is 39.8 Å². The molecule has 0 bridgehead atoms. The van der Waals surface area contributed by atoms with Crippen molar-refractivity contribution in [1.29, 1.82) is 0 Å². The van der Waals surface area contributed by atoms with E-state index in [2.05, 4.69) is 26.9 Å². The zero-order chi connectivity index (χ0) is 14.2. The molecular weight excluding hydrogens is 252 g/mol. The molecule has 1 fully saturated rings. The molecule has 5 nitrogen and oxygen atoms in total. The molecule has 1 aliphatic rings. The van der Waals surface area contributed by atoms with Crippen molar-refractivity contribution in [3.63, 3.8) is 0 Å². The van der Waals surface area contributed by atoms with Crippen molar-refractivity contribution >= 4 is 0 Å². The van der Waals surface area contributed by atoms with E-state index in [9.17, 15) is 0 Å². The highest BCUT2D eigenvalue weighted by molar-refractivity contribution is 5.24. The lowest BCUT2D eigenvalue weighted by molar-refractivity contribution is 0.318. The van der Waals surface area contributed by atoms with Gasteiger partial charge >= 0.3 is 0 Å². The number of nitrogens with one attached hydrogen (secondary N) is 1. The lowest BCUT2D eigenvalue weighted by Crippen LogP contribution is -2.39. The van der Waals surface area contributed by atoms with Crippen molar-refractivity contribution in [3.05, 3.63) is 35.2 Å². The van der Waals surface area contributed by atoms with E-state index in [-0.39, 0.29) is 5.41 Å². The van der Waals surface area contributed by atoms with Gasteiger partial charge in [0.05, 0.1) is 18.6 Å². The average Bonchev–Trinajstić information content (AvgIpc) is 3.02. The predicted octanol–water partition coefficient (Wildman–Crippen LogP) is 2.18. The normalized spacial score (nSPS) is 18.4. The largest absolute Gasteiger partial charge is 0.361 e. The van der Waals surface area contributed by atoms with Crippen molar-refractivity contribution in [1.82, 2.24) is 20.0 Å². The van der Waals surface area contributed by atoms with Gasteiger partial charge in [0.2, 0.25) is 0 Å². The Morgan fingerprint density at radius 3 is 2.75 bits per heavy atom. The second-order valence-electron chi connectivity index (χ2n) is 6.02. The van der Waals surface area contributed by atoms with Gasteiger partial charge in [0.25, 0.3) is 0 Å². The molecule has 3 rings (SSSR count). The molecule has 3 heterocycles. The molecule has 0 spiro atoms. The number of imidazole rings is 1. The van der Waals surface area contributed by atoms with Gasteiger partial charge in [-0.25, -0.2) is 4.98 Å². The molecule has 5 heteroatoms.